The first-order valence-corrected chi connectivity index (χ1v) is 10.3. The van der Waals surface area contributed by atoms with E-state index in [4.69, 9.17) is 0 Å². The van der Waals surface area contributed by atoms with Crippen LogP contribution in [-0.2, 0) is 12.6 Å². The molecule has 0 atom stereocenters. The van der Waals surface area contributed by atoms with Gasteiger partial charge in [0.2, 0.25) is 0 Å². The molecule has 0 aromatic carbocycles. The zero-order valence-electron chi connectivity index (χ0n) is 16.0. The van der Waals surface area contributed by atoms with Crippen molar-refractivity contribution in [3.8, 4) is 0 Å². The van der Waals surface area contributed by atoms with Crippen LogP contribution in [0.25, 0.3) is 0 Å². The fourth-order valence-electron chi connectivity index (χ4n) is 2.82. The lowest BCUT2D eigenvalue weighted by molar-refractivity contribution is -0.140. The second-order valence-corrected chi connectivity index (χ2v) is 7.28. The minimum Gasteiger partial charge on any atom is -0.357 e. The first-order valence-electron chi connectivity index (χ1n) is 9.40. The molecule has 6 nitrogen and oxygen atoms in total. The molecule has 1 saturated heterocycles. The zero-order valence-corrected chi connectivity index (χ0v) is 16.8. The first kappa shape index (κ1) is 21.9. The van der Waals surface area contributed by atoms with Crippen LogP contribution in [0.1, 0.15) is 24.5 Å². The number of nitrogens with zero attached hydrogens (tertiary/aromatic N) is 4. The van der Waals surface area contributed by atoms with E-state index >= 15 is 0 Å². The number of alkyl halides is 3. The maximum atomic E-state index is 12.6. The highest BCUT2D eigenvalue weighted by atomic mass is 32.1. The molecule has 10 heteroatoms. The number of aromatic nitrogens is 1. The standard InChI is InChI=1S/C17H29F3N6S/c1-3-21-16(23-7-8-26-11-9-25(4-2)10-12-26)22-6-5-15-24-14(13-27-15)17(18,19)20/h13H,3-12H2,1-2H3,(H2,21,22,23). The van der Waals surface area contributed by atoms with E-state index in [0.717, 1.165) is 62.5 Å². The number of rotatable bonds is 8. The monoisotopic (exact) mass is 406 g/mol. The van der Waals surface area contributed by atoms with Crippen molar-refractivity contribution in [1.82, 2.24) is 25.4 Å². The molecule has 0 aliphatic carbocycles. The van der Waals surface area contributed by atoms with Crippen molar-refractivity contribution in [3.05, 3.63) is 16.1 Å². The molecule has 27 heavy (non-hydrogen) atoms. The van der Waals surface area contributed by atoms with Gasteiger partial charge in [0, 0.05) is 57.6 Å². The Labute approximate surface area is 162 Å². The summed E-state index contributed by atoms with van der Waals surface area (Å²) < 4.78 is 37.7. The Morgan fingerprint density at radius 2 is 1.89 bits per heavy atom. The number of guanidine groups is 1. The highest BCUT2D eigenvalue weighted by Crippen LogP contribution is 2.29. The molecule has 0 unspecified atom stereocenters. The van der Waals surface area contributed by atoms with Gasteiger partial charge in [-0.1, -0.05) is 6.92 Å². The van der Waals surface area contributed by atoms with Crippen LogP contribution in [0, 0.1) is 0 Å². The van der Waals surface area contributed by atoms with Crippen molar-refractivity contribution >= 4 is 17.3 Å². The lowest BCUT2D eigenvalue weighted by Crippen LogP contribution is -2.47. The van der Waals surface area contributed by atoms with Gasteiger partial charge in [0.1, 0.15) is 0 Å². The predicted octanol–water partition coefficient (Wildman–Crippen LogP) is 1.90. The fraction of sp³-hybridized carbons (Fsp3) is 0.765. The molecule has 154 valence electrons. The van der Waals surface area contributed by atoms with E-state index in [1.165, 1.54) is 0 Å². The number of hydrogen-bond donors (Lipinski definition) is 2. The Morgan fingerprint density at radius 3 is 2.48 bits per heavy atom. The summed E-state index contributed by atoms with van der Waals surface area (Å²) in [5, 5.41) is 7.87. The van der Waals surface area contributed by atoms with Gasteiger partial charge < -0.3 is 15.5 Å². The van der Waals surface area contributed by atoms with Crippen molar-refractivity contribution < 1.29 is 13.2 Å². The Morgan fingerprint density at radius 1 is 1.19 bits per heavy atom. The second-order valence-electron chi connectivity index (χ2n) is 6.34. The third-order valence-corrected chi connectivity index (χ3v) is 5.32. The normalized spacial score (nSPS) is 17.3. The number of aliphatic imine (C=N–C) groups is 1. The van der Waals surface area contributed by atoms with E-state index in [2.05, 4.69) is 37.3 Å². The Bertz CT molecular complexity index is 581. The third kappa shape index (κ3) is 7.63. The Hall–Kier alpha value is -1.39. The molecule has 2 heterocycles. The molecule has 1 fully saturated rings. The third-order valence-electron chi connectivity index (χ3n) is 4.42. The van der Waals surface area contributed by atoms with Crippen molar-refractivity contribution in [3.63, 3.8) is 0 Å². The maximum absolute atomic E-state index is 12.6. The number of piperazine rings is 1. The van der Waals surface area contributed by atoms with E-state index in [1.54, 1.807) is 0 Å². The van der Waals surface area contributed by atoms with Gasteiger partial charge in [0.15, 0.2) is 11.7 Å². The molecule has 2 N–H and O–H groups in total. The highest BCUT2D eigenvalue weighted by Gasteiger charge is 2.33. The lowest BCUT2D eigenvalue weighted by atomic mass is 10.3. The minimum atomic E-state index is -4.37. The largest absolute Gasteiger partial charge is 0.434 e. The number of halogens is 3. The Kier molecular flexibility index (Phi) is 8.78. The van der Waals surface area contributed by atoms with Crippen LogP contribution in [0.2, 0.25) is 0 Å². The quantitative estimate of drug-likeness (QED) is 0.510. The molecule has 2 rings (SSSR count). The SMILES string of the molecule is CCNC(=NCCN1CCN(CC)CC1)NCCc1nc(C(F)(F)F)cs1. The van der Waals surface area contributed by atoms with E-state index in [1.807, 2.05) is 6.92 Å². The van der Waals surface area contributed by atoms with E-state index in [-0.39, 0.29) is 0 Å². The van der Waals surface area contributed by atoms with Gasteiger partial charge in [-0.3, -0.25) is 9.89 Å². The molecule has 0 saturated carbocycles. The number of nitrogens with one attached hydrogen (secondary N) is 2. The molecule has 0 amide bonds. The van der Waals surface area contributed by atoms with Gasteiger partial charge in [-0.15, -0.1) is 11.3 Å². The average molecular weight is 407 g/mol. The topological polar surface area (TPSA) is 55.8 Å². The van der Waals surface area contributed by atoms with Gasteiger partial charge in [0.25, 0.3) is 0 Å². The molecule has 1 aliphatic heterocycles. The van der Waals surface area contributed by atoms with Gasteiger partial charge >= 0.3 is 6.18 Å². The average Bonchev–Trinajstić information content (AvgIpc) is 3.12. The summed E-state index contributed by atoms with van der Waals surface area (Å²) in [7, 11) is 0. The molecule has 1 aliphatic rings. The summed E-state index contributed by atoms with van der Waals surface area (Å²) >= 11 is 1.04. The van der Waals surface area contributed by atoms with Gasteiger partial charge in [-0.25, -0.2) is 4.98 Å². The van der Waals surface area contributed by atoms with Crippen molar-refractivity contribution in [2.24, 2.45) is 4.99 Å². The predicted molar refractivity (Wildman–Crippen MR) is 103 cm³/mol. The molecule has 1 aromatic rings. The molecule has 1 aromatic heterocycles. The van der Waals surface area contributed by atoms with E-state index in [9.17, 15) is 13.2 Å². The van der Waals surface area contributed by atoms with Crippen molar-refractivity contribution in [2.75, 3.05) is 58.9 Å². The van der Waals surface area contributed by atoms with Crippen LogP contribution in [0.15, 0.2) is 10.4 Å². The van der Waals surface area contributed by atoms with Crippen LogP contribution >= 0.6 is 11.3 Å². The van der Waals surface area contributed by atoms with Crippen molar-refractivity contribution in [1.29, 1.82) is 0 Å². The number of hydrogen-bond acceptors (Lipinski definition) is 5. The number of thiazole rings is 1. The van der Waals surface area contributed by atoms with Gasteiger partial charge in [0.05, 0.1) is 11.6 Å². The fourth-order valence-corrected chi connectivity index (χ4v) is 3.62. The van der Waals surface area contributed by atoms with E-state index in [0.29, 0.717) is 30.5 Å². The highest BCUT2D eigenvalue weighted by molar-refractivity contribution is 7.09. The van der Waals surface area contributed by atoms with Gasteiger partial charge in [-0.05, 0) is 13.5 Å². The van der Waals surface area contributed by atoms with Crippen LogP contribution in [-0.4, -0.2) is 79.6 Å². The molecule has 0 bridgehead atoms. The maximum Gasteiger partial charge on any atom is 0.434 e. The van der Waals surface area contributed by atoms with Crippen LogP contribution in [0.5, 0.6) is 0 Å². The molecular formula is C17H29F3N6S. The smallest absolute Gasteiger partial charge is 0.357 e. The zero-order chi connectivity index (χ0) is 19.7. The minimum absolute atomic E-state index is 0.435. The summed E-state index contributed by atoms with van der Waals surface area (Å²) in [5.74, 6) is 0.692. The van der Waals surface area contributed by atoms with Crippen LogP contribution in [0.3, 0.4) is 0 Å². The molecule has 0 radical (unpaired) electrons. The van der Waals surface area contributed by atoms with Crippen molar-refractivity contribution in [2.45, 2.75) is 26.4 Å². The summed E-state index contributed by atoms with van der Waals surface area (Å²) in [5.41, 5.74) is -0.814. The van der Waals surface area contributed by atoms with E-state index < -0.39 is 11.9 Å². The number of likely N-dealkylation sites (N-methyl/N-ethyl adjacent to an activating group) is 1. The summed E-state index contributed by atoms with van der Waals surface area (Å²) in [4.78, 5) is 13.1. The van der Waals surface area contributed by atoms with Gasteiger partial charge in [-0.2, -0.15) is 13.2 Å². The first-order chi connectivity index (χ1) is 12.9. The Balaban J connectivity index is 1.72. The molecule has 0 spiro atoms. The second kappa shape index (κ2) is 10.8. The molecular weight excluding hydrogens is 377 g/mol. The summed E-state index contributed by atoms with van der Waals surface area (Å²) in [6, 6.07) is 0. The summed E-state index contributed by atoms with van der Waals surface area (Å²) in [6.45, 7) is 12.4. The van der Waals surface area contributed by atoms with Crippen LogP contribution < -0.4 is 10.6 Å². The summed E-state index contributed by atoms with van der Waals surface area (Å²) in [6.07, 6.45) is -3.94. The lowest BCUT2D eigenvalue weighted by Gasteiger charge is -2.33. The van der Waals surface area contributed by atoms with Crippen LogP contribution in [0.4, 0.5) is 13.2 Å².